The Morgan fingerprint density at radius 2 is 1.02 bits per heavy atom. The van der Waals surface area contributed by atoms with Gasteiger partial charge in [0.2, 0.25) is 0 Å². The van der Waals surface area contributed by atoms with Crippen molar-refractivity contribution in [3.63, 3.8) is 0 Å². The van der Waals surface area contributed by atoms with Gasteiger partial charge in [-0.3, -0.25) is 0 Å². The summed E-state index contributed by atoms with van der Waals surface area (Å²) in [5.74, 6) is 0.291. The van der Waals surface area contributed by atoms with Gasteiger partial charge in [0.05, 0.1) is 11.7 Å². The summed E-state index contributed by atoms with van der Waals surface area (Å²) in [6.07, 6.45) is 9.16. The van der Waals surface area contributed by atoms with Gasteiger partial charge in [-0.25, -0.2) is 0 Å². The van der Waals surface area contributed by atoms with Crippen LogP contribution >= 0.6 is 0 Å². The van der Waals surface area contributed by atoms with Crippen molar-refractivity contribution >= 4 is 104 Å². The second-order valence-corrected chi connectivity index (χ2v) is 17.6. The van der Waals surface area contributed by atoms with Crippen molar-refractivity contribution in [2.45, 2.75) is 12.0 Å². The molecule has 3 heteroatoms. The SMILES string of the molecule is C1=CC2c3cc4ccccc4cc3N(c3ccc(-c4ccc(N(c5ccc6c(c5)oc5ccccc56)c5cc6c7ccccc7ccc6c6ccccc56)cc4)c4ccccc34)C2C=C1. The van der Waals surface area contributed by atoms with E-state index in [0.717, 1.165) is 39.0 Å². The molecule has 1 aromatic heterocycles. The molecule has 3 nitrogen and oxygen atoms in total. The average molecular weight is 829 g/mol. The van der Waals surface area contributed by atoms with Gasteiger partial charge in [0.15, 0.2) is 0 Å². The van der Waals surface area contributed by atoms with Crippen LogP contribution in [-0.4, -0.2) is 6.04 Å². The molecule has 14 rings (SSSR count). The van der Waals surface area contributed by atoms with Gasteiger partial charge in [-0.15, -0.1) is 0 Å². The van der Waals surface area contributed by atoms with Crippen LogP contribution in [0.5, 0.6) is 0 Å². The fourth-order valence-corrected chi connectivity index (χ4v) is 11.1. The third-order valence-electron chi connectivity index (χ3n) is 14.1. The van der Waals surface area contributed by atoms with E-state index in [1.807, 2.05) is 6.07 Å². The molecule has 2 heterocycles. The third kappa shape index (κ3) is 5.49. The molecule has 2 unspecified atom stereocenters. The minimum absolute atomic E-state index is 0.203. The zero-order valence-electron chi connectivity index (χ0n) is 35.4. The Balaban J connectivity index is 0.936. The van der Waals surface area contributed by atoms with Gasteiger partial charge in [-0.05, 0) is 114 Å². The first kappa shape index (κ1) is 36.1. The van der Waals surface area contributed by atoms with E-state index in [4.69, 9.17) is 4.42 Å². The van der Waals surface area contributed by atoms with Crippen molar-refractivity contribution in [2.24, 2.45) is 0 Å². The van der Waals surface area contributed by atoms with E-state index in [9.17, 15) is 0 Å². The molecule has 0 saturated heterocycles. The Hall–Kier alpha value is -8.40. The van der Waals surface area contributed by atoms with E-state index in [2.05, 4.69) is 234 Å². The maximum absolute atomic E-state index is 6.53. The Bertz CT molecular complexity index is 3990. The molecule has 0 amide bonds. The van der Waals surface area contributed by atoms with Gasteiger partial charge in [0.1, 0.15) is 11.2 Å². The van der Waals surface area contributed by atoms with Crippen molar-refractivity contribution in [1.82, 2.24) is 0 Å². The number of nitrogens with zero attached hydrogens (tertiary/aromatic N) is 2. The number of allylic oxidation sites excluding steroid dienone is 2. The summed E-state index contributed by atoms with van der Waals surface area (Å²) in [4.78, 5) is 4.99. The zero-order valence-corrected chi connectivity index (χ0v) is 35.4. The molecule has 0 radical (unpaired) electrons. The van der Waals surface area contributed by atoms with Gasteiger partial charge >= 0.3 is 0 Å². The first-order valence-corrected chi connectivity index (χ1v) is 22.6. The summed E-state index contributed by atoms with van der Waals surface area (Å²) in [5, 5.41) is 14.6. The Labute approximate surface area is 376 Å². The van der Waals surface area contributed by atoms with E-state index in [-0.39, 0.29) is 6.04 Å². The molecule has 1 aliphatic heterocycles. The van der Waals surface area contributed by atoms with Gasteiger partial charge in [0, 0.05) is 56.3 Å². The van der Waals surface area contributed by atoms with Crippen LogP contribution in [0.1, 0.15) is 11.5 Å². The lowest BCUT2D eigenvalue weighted by Gasteiger charge is -2.30. The van der Waals surface area contributed by atoms with E-state index < -0.39 is 0 Å². The molecule has 2 aliphatic rings. The highest BCUT2D eigenvalue weighted by atomic mass is 16.3. The molecular weight excluding hydrogens is 789 g/mol. The molecule has 12 aromatic rings. The molecule has 65 heavy (non-hydrogen) atoms. The normalized spacial score (nSPS) is 15.5. The number of hydrogen-bond acceptors (Lipinski definition) is 3. The maximum Gasteiger partial charge on any atom is 0.137 e. The largest absolute Gasteiger partial charge is 0.456 e. The summed E-state index contributed by atoms with van der Waals surface area (Å²) >= 11 is 0. The van der Waals surface area contributed by atoms with Crippen LogP contribution in [0.2, 0.25) is 0 Å². The standard InChI is InChI=1S/C62H40N2O/c1-2-15-42-36-59-56(35-41(42)14-1)52-21-9-11-23-57(52)64(59)58-34-33-46(47-17-5-7-19-50(47)58)40-25-28-43(29-26-40)63(44-30-32-54-53-22-10-12-24-61(53)65-62(54)37-44)60-38-55-45-16-4-3-13-39(45)27-31-49(55)48-18-6-8-20-51(48)60/h1-38,52,57H. The van der Waals surface area contributed by atoms with Crippen molar-refractivity contribution in [1.29, 1.82) is 0 Å². The molecule has 0 saturated carbocycles. The summed E-state index contributed by atoms with van der Waals surface area (Å²) in [6.45, 7) is 0. The van der Waals surface area contributed by atoms with E-state index >= 15 is 0 Å². The third-order valence-corrected chi connectivity index (χ3v) is 14.1. The number of benzene rings is 11. The lowest BCUT2D eigenvalue weighted by Crippen LogP contribution is -2.28. The Kier molecular flexibility index (Phi) is 7.81. The predicted molar refractivity (Wildman–Crippen MR) is 275 cm³/mol. The van der Waals surface area contributed by atoms with Gasteiger partial charge in [-0.1, -0.05) is 170 Å². The van der Waals surface area contributed by atoms with E-state index in [0.29, 0.717) is 5.92 Å². The van der Waals surface area contributed by atoms with Crippen LogP contribution in [0.15, 0.2) is 235 Å². The highest BCUT2D eigenvalue weighted by Gasteiger charge is 2.38. The highest BCUT2D eigenvalue weighted by Crippen LogP contribution is 2.52. The van der Waals surface area contributed by atoms with E-state index in [1.54, 1.807) is 0 Å². The van der Waals surface area contributed by atoms with Crippen LogP contribution < -0.4 is 9.80 Å². The summed E-state index contributed by atoms with van der Waals surface area (Å²) < 4.78 is 6.53. The van der Waals surface area contributed by atoms with Crippen molar-refractivity contribution in [2.75, 3.05) is 9.80 Å². The van der Waals surface area contributed by atoms with Crippen molar-refractivity contribution in [3.05, 3.63) is 236 Å². The van der Waals surface area contributed by atoms with Crippen LogP contribution in [0.3, 0.4) is 0 Å². The second kappa shape index (κ2) is 14.1. The topological polar surface area (TPSA) is 19.6 Å². The Morgan fingerprint density at radius 3 is 1.86 bits per heavy atom. The molecule has 0 fully saturated rings. The van der Waals surface area contributed by atoms with Gasteiger partial charge in [0.25, 0.3) is 0 Å². The summed E-state index contributed by atoms with van der Waals surface area (Å²) in [6, 6.07) is 76.0. The predicted octanol–water partition coefficient (Wildman–Crippen LogP) is 17.2. The number of rotatable bonds is 5. The first-order chi connectivity index (χ1) is 32.2. The molecule has 0 N–H and O–H groups in total. The molecule has 0 bridgehead atoms. The summed E-state index contributed by atoms with van der Waals surface area (Å²) in [7, 11) is 0. The number of hydrogen-bond donors (Lipinski definition) is 0. The maximum atomic E-state index is 6.53. The number of para-hydroxylation sites is 1. The van der Waals surface area contributed by atoms with Crippen molar-refractivity contribution < 1.29 is 4.42 Å². The number of furan rings is 1. The minimum atomic E-state index is 0.203. The lowest BCUT2D eigenvalue weighted by atomic mass is 9.90. The van der Waals surface area contributed by atoms with E-state index in [1.165, 1.54) is 81.9 Å². The van der Waals surface area contributed by atoms with Crippen LogP contribution in [0.25, 0.3) is 86.9 Å². The average Bonchev–Trinajstić information content (AvgIpc) is 3.90. The van der Waals surface area contributed by atoms with Crippen LogP contribution in [0.4, 0.5) is 28.4 Å². The van der Waals surface area contributed by atoms with Gasteiger partial charge in [-0.2, -0.15) is 0 Å². The smallest absolute Gasteiger partial charge is 0.137 e. The summed E-state index contributed by atoms with van der Waals surface area (Å²) in [5.41, 5.74) is 11.3. The van der Waals surface area contributed by atoms with Crippen molar-refractivity contribution in [3.8, 4) is 11.1 Å². The molecule has 1 aliphatic carbocycles. The molecule has 0 spiro atoms. The second-order valence-electron chi connectivity index (χ2n) is 17.6. The molecular formula is C62H40N2O. The lowest BCUT2D eigenvalue weighted by molar-refractivity contribution is 0.669. The highest BCUT2D eigenvalue weighted by molar-refractivity contribution is 6.21. The quantitative estimate of drug-likeness (QED) is 0.161. The number of anilines is 5. The van der Waals surface area contributed by atoms with Crippen LogP contribution in [0, 0.1) is 0 Å². The minimum Gasteiger partial charge on any atom is -0.456 e. The Morgan fingerprint density at radius 1 is 0.385 bits per heavy atom. The molecule has 304 valence electrons. The molecule has 2 atom stereocenters. The van der Waals surface area contributed by atoms with Crippen LogP contribution in [-0.2, 0) is 0 Å². The molecule has 11 aromatic carbocycles. The fourth-order valence-electron chi connectivity index (χ4n) is 11.1. The number of fused-ring (bicyclic) bond motifs is 13. The first-order valence-electron chi connectivity index (χ1n) is 22.6. The monoisotopic (exact) mass is 828 g/mol. The zero-order chi connectivity index (χ0) is 42.6. The fraction of sp³-hybridized carbons (Fsp3) is 0.0323. The van der Waals surface area contributed by atoms with Gasteiger partial charge < -0.3 is 14.2 Å².